The van der Waals surface area contributed by atoms with Crippen LogP contribution < -0.4 is 11.1 Å². The molecule has 2 aliphatic heterocycles. The molecule has 4 N–H and O–H groups in total. The van der Waals surface area contributed by atoms with Crippen molar-refractivity contribution in [3.63, 3.8) is 0 Å². The molecule has 0 radical (unpaired) electrons. The van der Waals surface area contributed by atoms with Crippen molar-refractivity contribution in [2.24, 2.45) is 5.73 Å². The van der Waals surface area contributed by atoms with E-state index in [4.69, 9.17) is 15.2 Å². The summed E-state index contributed by atoms with van der Waals surface area (Å²) >= 11 is 4.08. The summed E-state index contributed by atoms with van der Waals surface area (Å²) in [5.74, 6) is -1.21. The maximum atomic E-state index is 13.3. The average molecular weight is 594 g/mol. The number of nitrogens with two attached hydrogens (primary N) is 1. The van der Waals surface area contributed by atoms with Crippen LogP contribution in [0.5, 0.6) is 0 Å². The van der Waals surface area contributed by atoms with Gasteiger partial charge in [0.25, 0.3) is 0 Å². The van der Waals surface area contributed by atoms with Gasteiger partial charge in [0.05, 0.1) is 12.6 Å². The van der Waals surface area contributed by atoms with Crippen LogP contribution in [0.4, 0.5) is 0 Å². The third kappa shape index (κ3) is 6.67. The molecule has 0 saturated carbocycles. The maximum absolute atomic E-state index is 13.3. The quantitative estimate of drug-likeness (QED) is 0.105. The van der Waals surface area contributed by atoms with Gasteiger partial charge in [-0.3, -0.25) is 19.3 Å². The minimum Gasteiger partial charge on any atom is -0.426 e. The third-order valence-electron chi connectivity index (χ3n) is 5.89. The molecular formula is C24H27N5O7S3. The average Bonchev–Trinajstić information content (AvgIpc) is 3.44. The van der Waals surface area contributed by atoms with E-state index in [1.54, 1.807) is 24.3 Å². The lowest BCUT2D eigenvalue weighted by atomic mass is 9.98. The van der Waals surface area contributed by atoms with Crippen molar-refractivity contribution in [3.8, 4) is 0 Å². The number of aromatic nitrogens is 2. The smallest absolute Gasteiger partial charge is 0.358 e. The van der Waals surface area contributed by atoms with E-state index in [1.165, 1.54) is 60.1 Å². The van der Waals surface area contributed by atoms with Gasteiger partial charge in [-0.25, -0.2) is 9.78 Å². The number of benzene rings is 1. The molecule has 0 spiro atoms. The lowest BCUT2D eigenvalue weighted by molar-refractivity contribution is -0.182. The van der Waals surface area contributed by atoms with Crippen LogP contribution in [0.2, 0.25) is 0 Å². The van der Waals surface area contributed by atoms with Crippen molar-refractivity contribution < 1.29 is 33.8 Å². The largest absolute Gasteiger partial charge is 0.426 e. The van der Waals surface area contributed by atoms with Gasteiger partial charge in [0.1, 0.15) is 23.4 Å². The first-order valence-electron chi connectivity index (χ1n) is 11.9. The lowest BCUT2D eigenvalue weighted by Gasteiger charge is -2.50. The number of hydrogen-bond acceptors (Lipinski definition) is 14. The van der Waals surface area contributed by atoms with Gasteiger partial charge < -0.3 is 25.6 Å². The van der Waals surface area contributed by atoms with E-state index in [1.807, 2.05) is 0 Å². The van der Waals surface area contributed by atoms with E-state index in [9.17, 15) is 24.3 Å². The van der Waals surface area contributed by atoms with Crippen LogP contribution in [0.25, 0.3) is 0 Å². The van der Waals surface area contributed by atoms with Gasteiger partial charge in [-0.15, -0.1) is 11.8 Å². The van der Waals surface area contributed by atoms with Gasteiger partial charge in [0, 0.05) is 37.5 Å². The molecule has 2 aliphatic rings. The van der Waals surface area contributed by atoms with Crippen LogP contribution in [0.3, 0.4) is 0 Å². The lowest BCUT2D eigenvalue weighted by Crippen LogP contribution is -2.70. The first-order valence-corrected chi connectivity index (χ1v) is 14.7. The number of ether oxygens (including phenoxy) is 2. The van der Waals surface area contributed by atoms with E-state index >= 15 is 0 Å². The number of carbonyl (C=O) groups excluding carboxylic acids is 4. The number of hydrogen-bond donors (Lipinski definition) is 3. The Hall–Kier alpha value is -2.82. The summed E-state index contributed by atoms with van der Waals surface area (Å²) in [5.41, 5.74) is 7.03. The molecule has 4 rings (SSSR count). The predicted molar refractivity (Wildman–Crippen MR) is 145 cm³/mol. The van der Waals surface area contributed by atoms with E-state index < -0.39 is 35.7 Å². The highest BCUT2D eigenvalue weighted by molar-refractivity contribution is 8.01. The van der Waals surface area contributed by atoms with Crippen molar-refractivity contribution in [3.05, 3.63) is 53.0 Å². The molecule has 1 saturated heterocycles. The molecule has 2 aromatic rings. The zero-order valence-electron chi connectivity index (χ0n) is 21.1. The Labute approximate surface area is 236 Å². The van der Waals surface area contributed by atoms with Crippen LogP contribution in [0.1, 0.15) is 35.9 Å². The Morgan fingerprint density at radius 1 is 1.31 bits per heavy atom. The number of nitrogens with zero attached hydrogens (tertiary/aromatic N) is 3. The molecule has 1 aromatic carbocycles. The number of thioether (sulfide) groups is 2. The van der Waals surface area contributed by atoms with Crippen LogP contribution >= 0.6 is 35.1 Å². The number of esters is 2. The number of nitrogens with one attached hydrogen (secondary N) is 1. The number of β-lactam (4-membered cyclic amide) rings is 1. The minimum absolute atomic E-state index is 0.00288. The second-order valence-electron chi connectivity index (χ2n) is 8.56. The molecule has 3 unspecified atom stereocenters. The van der Waals surface area contributed by atoms with Gasteiger partial charge in [-0.2, -0.15) is 4.37 Å². The number of carbonyl (C=O) groups is 4. The van der Waals surface area contributed by atoms with Gasteiger partial charge in [-0.05, 0) is 22.7 Å². The number of aliphatic hydroxyl groups is 1. The molecule has 208 valence electrons. The van der Waals surface area contributed by atoms with E-state index in [-0.39, 0.29) is 30.5 Å². The van der Waals surface area contributed by atoms with Crippen molar-refractivity contribution in [2.75, 3.05) is 24.6 Å². The SMILES string of the molecule is CC(=O)OC(C)OC(=O)C1=C(CSc2ncns2)CS[C@H]2C(NCC(O)c3ccccc3C(=O)CN)C(=O)N12. The first kappa shape index (κ1) is 29.2. The highest BCUT2D eigenvalue weighted by atomic mass is 32.2. The summed E-state index contributed by atoms with van der Waals surface area (Å²) in [6.07, 6.45) is -0.753. The summed E-state index contributed by atoms with van der Waals surface area (Å²) in [6.45, 7) is 2.44. The first-order chi connectivity index (χ1) is 18.7. The number of rotatable bonds is 12. The highest BCUT2D eigenvalue weighted by Gasteiger charge is 2.53. The Bertz CT molecular complexity index is 1270. The second kappa shape index (κ2) is 13.0. The molecule has 12 nitrogen and oxygen atoms in total. The maximum Gasteiger partial charge on any atom is 0.358 e. The summed E-state index contributed by atoms with van der Waals surface area (Å²) in [6, 6.07) is 5.96. The zero-order valence-corrected chi connectivity index (χ0v) is 23.5. The summed E-state index contributed by atoms with van der Waals surface area (Å²) in [4.78, 5) is 55.4. The van der Waals surface area contributed by atoms with Crippen molar-refractivity contribution in [1.82, 2.24) is 19.6 Å². The Morgan fingerprint density at radius 2 is 2.08 bits per heavy atom. The van der Waals surface area contributed by atoms with Gasteiger partial charge in [0.15, 0.2) is 10.1 Å². The molecule has 15 heteroatoms. The molecule has 1 aromatic heterocycles. The van der Waals surface area contributed by atoms with E-state index in [0.29, 0.717) is 32.5 Å². The fourth-order valence-electron chi connectivity index (χ4n) is 4.18. The molecule has 3 heterocycles. The van der Waals surface area contributed by atoms with Gasteiger partial charge in [0.2, 0.25) is 12.2 Å². The molecular weight excluding hydrogens is 566 g/mol. The van der Waals surface area contributed by atoms with Gasteiger partial charge in [-0.1, -0.05) is 36.0 Å². The van der Waals surface area contributed by atoms with Crippen LogP contribution in [-0.4, -0.2) is 85.3 Å². The topological polar surface area (TPSA) is 174 Å². The Balaban J connectivity index is 1.48. The fourth-order valence-corrected chi connectivity index (χ4v) is 7.13. The number of amides is 1. The van der Waals surface area contributed by atoms with Crippen LogP contribution in [0.15, 0.2) is 46.2 Å². The molecule has 39 heavy (non-hydrogen) atoms. The Kier molecular flexibility index (Phi) is 9.74. The number of ketones is 1. The molecule has 1 fully saturated rings. The summed E-state index contributed by atoms with van der Waals surface area (Å²) in [7, 11) is 0. The van der Waals surface area contributed by atoms with Crippen molar-refractivity contribution in [2.45, 2.75) is 42.0 Å². The highest BCUT2D eigenvalue weighted by Crippen LogP contribution is 2.42. The standard InChI is InChI=1S/C24H27N5O7S3/c1-12(30)35-13(2)36-23(34)20-14(10-38-24-27-11-28-39-24)9-37-22-19(21(33)29(20)22)26-8-18(32)16-6-4-3-5-15(16)17(31)7-25/h3-6,11,13,18-19,22,26,32H,7-10,25H2,1-2H3/t13?,18?,19?,22-/m0/s1. The van der Waals surface area contributed by atoms with Crippen molar-refractivity contribution >= 4 is 58.7 Å². The molecule has 0 bridgehead atoms. The Morgan fingerprint density at radius 3 is 2.77 bits per heavy atom. The monoisotopic (exact) mass is 593 g/mol. The number of aliphatic hydroxyl groups excluding tert-OH is 1. The van der Waals surface area contributed by atoms with Gasteiger partial charge >= 0.3 is 11.9 Å². The minimum atomic E-state index is -1.13. The van der Waals surface area contributed by atoms with Crippen molar-refractivity contribution in [1.29, 1.82) is 0 Å². The van der Waals surface area contributed by atoms with E-state index in [2.05, 4.69) is 14.7 Å². The van der Waals surface area contributed by atoms with E-state index in [0.717, 1.165) is 0 Å². The molecule has 1 amide bonds. The summed E-state index contributed by atoms with van der Waals surface area (Å²) < 4.78 is 14.9. The number of fused-ring (bicyclic) bond motifs is 1. The van der Waals surface area contributed by atoms with Crippen LogP contribution in [-0.2, 0) is 23.9 Å². The second-order valence-corrected chi connectivity index (χ2v) is 11.7. The molecule has 4 atom stereocenters. The van der Waals surface area contributed by atoms with Crippen LogP contribution in [0, 0.1) is 0 Å². The zero-order chi connectivity index (χ0) is 28.1. The predicted octanol–water partition coefficient (Wildman–Crippen LogP) is 1.08. The third-order valence-corrected chi connectivity index (χ3v) is 9.12. The normalized spacial score (nSPS) is 20.1. The summed E-state index contributed by atoms with van der Waals surface area (Å²) in [5, 5.41) is 13.4. The number of Topliss-reactive ketones (excluding diaryl/α,β-unsaturated/α-hetero) is 1. The fraction of sp³-hybridized carbons (Fsp3) is 0.417. The molecule has 0 aliphatic carbocycles.